The zero-order valence-electron chi connectivity index (χ0n) is 16.3. The van der Waals surface area contributed by atoms with E-state index in [1.54, 1.807) is 49.0 Å². The van der Waals surface area contributed by atoms with E-state index in [-0.39, 0.29) is 13.0 Å². The van der Waals surface area contributed by atoms with Crippen molar-refractivity contribution >= 4 is 45.9 Å². The molecule has 1 aromatic heterocycles. The molecule has 1 atom stereocenters. The Morgan fingerprint density at radius 2 is 1.97 bits per heavy atom. The van der Waals surface area contributed by atoms with Gasteiger partial charge in [-0.15, -0.1) is 23.1 Å². The fraction of sp³-hybridized carbons (Fsp3) is 0.381. The van der Waals surface area contributed by atoms with Gasteiger partial charge >= 0.3 is 11.9 Å². The Labute approximate surface area is 177 Å². The second kappa shape index (κ2) is 9.00. The highest BCUT2D eigenvalue weighted by molar-refractivity contribution is 8.01. The number of rotatable bonds is 7. The molecule has 1 aliphatic heterocycles. The molecule has 0 aliphatic carbocycles. The SMILES string of the molecule is CCOC(=O)c1c(NC(=O)C[C@@](C)(C(=O)O)c2ccccc2)sc2c1CCCS2. The molecule has 29 heavy (non-hydrogen) atoms. The number of esters is 1. The third kappa shape index (κ3) is 4.48. The average molecular weight is 434 g/mol. The van der Waals surface area contributed by atoms with Crippen molar-refractivity contribution in [3.63, 3.8) is 0 Å². The predicted molar refractivity (Wildman–Crippen MR) is 114 cm³/mol. The van der Waals surface area contributed by atoms with E-state index in [4.69, 9.17) is 4.74 Å². The fourth-order valence-electron chi connectivity index (χ4n) is 3.31. The van der Waals surface area contributed by atoms with Crippen molar-refractivity contribution in [3.8, 4) is 0 Å². The van der Waals surface area contributed by atoms with Crippen molar-refractivity contribution in [2.45, 2.75) is 42.7 Å². The van der Waals surface area contributed by atoms with E-state index < -0.39 is 23.3 Å². The van der Waals surface area contributed by atoms with E-state index in [2.05, 4.69) is 5.32 Å². The quantitative estimate of drug-likeness (QED) is 0.631. The second-order valence-corrected chi connectivity index (χ2v) is 9.36. The molecule has 2 aromatic rings. The molecule has 1 aromatic carbocycles. The number of amides is 1. The third-order valence-corrected chi connectivity index (χ3v) is 7.45. The lowest BCUT2D eigenvalue weighted by Gasteiger charge is -2.24. The molecule has 8 heteroatoms. The number of carbonyl (C=O) groups excluding carboxylic acids is 2. The summed E-state index contributed by atoms with van der Waals surface area (Å²) in [6.07, 6.45) is 1.48. The van der Waals surface area contributed by atoms with Crippen LogP contribution >= 0.6 is 23.1 Å². The van der Waals surface area contributed by atoms with E-state index in [9.17, 15) is 19.5 Å². The predicted octanol–water partition coefficient (Wildman–Crippen LogP) is 4.33. The van der Waals surface area contributed by atoms with Gasteiger partial charge in [0.25, 0.3) is 0 Å². The second-order valence-electron chi connectivity index (χ2n) is 6.97. The topological polar surface area (TPSA) is 92.7 Å². The van der Waals surface area contributed by atoms with Crippen molar-refractivity contribution in [2.75, 3.05) is 17.7 Å². The van der Waals surface area contributed by atoms with Gasteiger partial charge in [-0.2, -0.15) is 0 Å². The van der Waals surface area contributed by atoms with Gasteiger partial charge in [-0.3, -0.25) is 9.59 Å². The molecule has 154 valence electrons. The summed E-state index contributed by atoms with van der Waals surface area (Å²) in [7, 11) is 0. The Morgan fingerprint density at radius 3 is 2.62 bits per heavy atom. The zero-order chi connectivity index (χ0) is 21.0. The molecule has 0 radical (unpaired) electrons. The highest BCUT2D eigenvalue weighted by atomic mass is 32.2. The molecule has 0 unspecified atom stereocenters. The molecule has 0 bridgehead atoms. The van der Waals surface area contributed by atoms with Crippen LogP contribution < -0.4 is 5.32 Å². The lowest BCUT2D eigenvalue weighted by Crippen LogP contribution is -2.36. The normalized spacial score (nSPS) is 15.1. The number of aliphatic carboxylic acids is 1. The molecular formula is C21H23NO5S2. The smallest absolute Gasteiger partial charge is 0.341 e. The van der Waals surface area contributed by atoms with Gasteiger partial charge < -0.3 is 15.2 Å². The number of carboxylic acids is 1. The number of thiophene rings is 1. The number of anilines is 1. The van der Waals surface area contributed by atoms with Crippen molar-refractivity contribution in [3.05, 3.63) is 47.0 Å². The van der Waals surface area contributed by atoms with Crippen LogP contribution in [0.4, 0.5) is 5.00 Å². The Morgan fingerprint density at radius 1 is 1.24 bits per heavy atom. The van der Waals surface area contributed by atoms with Crippen LogP contribution in [0.2, 0.25) is 0 Å². The first kappa shape index (κ1) is 21.4. The summed E-state index contributed by atoms with van der Waals surface area (Å²) in [6.45, 7) is 3.52. The van der Waals surface area contributed by atoms with Crippen LogP contribution in [0.15, 0.2) is 34.5 Å². The number of hydrogen-bond acceptors (Lipinski definition) is 6. The molecule has 0 spiro atoms. The number of benzene rings is 1. The first-order valence-electron chi connectivity index (χ1n) is 9.41. The summed E-state index contributed by atoms with van der Waals surface area (Å²) in [5.41, 5.74) is 0.503. The van der Waals surface area contributed by atoms with Gasteiger partial charge in [0.15, 0.2) is 0 Å². The van der Waals surface area contributed by atoms with Crippen molar-refractivity contribution in [1.29, 1.82) is 0 Å². The molecule has 1 aliphatic rings. The van der Waals surface area contributed by atoms with E-state index in [0.29, 0.717) is 16.1 Å². The number of thioether (sulfide) groups is 1. The van der Waals surface area contributed by atoms with Gasteiger partial charge in [-0.1, -0.05) is 30.3 Å². The zero-order valence-corrected chi connectivity index (χ0v) is 18.0. The molecule has 3 rings (SSSR count). The first-order chi connectivity index (χ1) is 13.9. The van der Waals surface area contributed by atoms with Gasteiger partial charge in [-0.25, -0.2) is 4.79 Å². The summed E-state index contributed by atoms with van der Waals surface area (Å²) >= 11 is 3.02. The van der Waals surface area contributed by atoms with Crippen LogP contribution in [0.25, 0.3) is 0 Å². The summed E-state index contributed by atoms with van der Waals surface area (Å²) < 4.78 is 6.21. The number of carbonyl (C=O) groups is 3. The van der Waals surface area contributed by atoms with E-state index in [1.807, 2.05) is 0 Å². The summed E-state index contributed by atoms with van der Waals surface area (Å²) in [5.74, 6) is -1.01. The van der Waals surface area contributed by atoms with Crippen LogP contribution in [-0.4, -0.2) is 35.3 Å². The van der Waals surface area contributed by atoms with Gasteiger partial charge in [-0.05, 0) is 43.6 Å². The Kier molecular flexibility index (Phi) is 6.64. The molecule has 6 nitrogen and oxygen atoms in total. The molecule has 1 amide bonds. The summed E-state index contributed by atoms with van der Waals surface area (Å²) in [4.78, 5) is 37.3. The molecule has 0 saturated heterocycles. The van der Waals surface area contributed by atoms with Gasteiger partial charge in [0, 0.05) is 6.42 Å². The minimum absolute atomic E-state index is 0.245. The van der Waals surface area contributed by atoms with Gasteiger partial charge in [0.2, 0.25) is 5.91 Å². The lowest BCUT2D eigenvalue weighted by atomic mass is 9.79. The average Bonchev–Trinajstić information content (AvgIpc) is 3.06. The number of hydrogen-bond donors (Lipinski definition) is 2. The highest BCUT2D eigenvalue weighted by Gasteiger charge is 2.38. The van der Waals surface area contributed by atoms with E-state index >= 15 is 0 Å². The number of carboxylic acid groups (broad SMARTS) is 1. The van der Waals surface area contributed by atoms with Crippen molar-refractivity contribution < 1.29 is 24.2 Å². The molecule has 0 fully saturated rings. The van der Waals surface area contributed by atoms with Gasteiger partial charge in [0.05, 0.1) is 21.8 Å². The van der Waals surface area contributed by atoms with Crippen LogP contribution in [0.1, 0.15) is 48.2 Å². The Hall–Kier alpha value is -2.32. The lowest BCUT2D eigenvalue weighted by molar-refractivity contribution is -0.145. The minimum atomic E-state index is -1.37. The standard InChI is InChI=1S/C21H23NO5S2/c1-3-27-18(24)16-14-10-7-11-28-19(14)29-17(16)22-15(23)12-21(2,20(25)26)13-8-5-4-6-9-13/h4-6,8-9H,3,7,10-12H2,1-2H3,(H,22,23)(H,25,26)/t21-/m1/s1. The summed E-state index contributed by atoms with van der Waals surface area (Å²) in [5, 5.41) is 13.0. The number of nitrogens with one attached hydrogen (secondary N) is 1. The maximum absolute atomic E-state index is 12.8. The van der Waals surface area contributed by atoms with Crippen LogP contribution in [-0.2, 0) is 26.2 Å². The maximum Gasteiger partial charge on any atom is 0.341 e. The largest absolute Gasteiger partial charge is 0.481 e. The maximum atomic E-state index is 12.8. The van der Waals surface area contributed by atoms with Crippen molar-refractivity contribution in [2.24, 2.45) is 0 Å². The molecular weight excluding hydrogens is 410 g/mol. The van der Waals surface area contributed by atoms with E-state index in [0.717, 1.165) is 28.4 Å². The molecule has 0 saturated carbocycles. The molecule has 2 heterocycles. The first-order valence-corrected chi connectivity index (χ1v) is 11.2. The Bertz CT molecular complexity index is 925. The van der Waals surface area contributed by atoms with Crippen LogP contribution in [0.5, 0.6) is 0 Å². The number of ether oxygens (including phenoxy) is 1. The van der Waals surface area contributed by atoms with Crippen molar-refractivity contribution in [1.82, 2.24) is 0 Å². The van der Waals surface area contributed by atoms with E-state index in [1.165, 1.54) is 18.3 Å². The molecule has 2 N–H and O–H groups in total. The fourth-order valence-corrected chi connectivity index (χ4v) is 5.88. The monoisotopic (exact) mass is 433 g/mol. The Balaban J connectivity index is 1.87. The van der Waals surface area contributed by atoms with Crippen LogP contribution in [0.3, 0.4) is 0 Å². The summed E-state index contributed by atoms with van der Waals surface area (Å²) in [6, 6.07) is 8.69. The highest BCUT2D eigenvalue weighted by Crippen LogP contribution is 2.44. The van der Waals surface area contributed by atoms with Crippen LogP contribution in [0, 0.1) is 0 Å². The minimum Gasteiger partial charge on any atom is -0.481 e. The third-order valence-electron chi connectivity index (χ3n) is 4.90. The van der Waals surface area contributed by atoms with Gasteiger partial charge in [0.1, 0.15) is 5.00 Å². The number of fused-ring (bicyclic) bond motifs is 1.